The molecule has 2 unspecified atom stereocenters. The van der Waals surface area contributed by atoms with E-state index in [2.05, 4.69) is 37.3 Å². The van der Waals surface area contributed by atoms with Gasteiger partial charge in [0.15, 0.2) is 0 Å². The van der Waals surface area contributed by atoms with Gasteiger partial charge in [-0.05, 0) is 114 Å². The van der Waals surface area contributed by atoms with Crippen molar-refractivity contribution in [1.82, 2.24) is 0 Å². The monoisotopic (exact) mass is 414 g/mol. The van der Waals surface area contributed by atoms with Gasteiger partial charge in [0.05, 0.1) is 12.7 Å². The predicted molar refractivity (Wildman–Crippen MR) is 125 cm³/mol. The molecule has 0 amide bonds. The van der Waals surface area contributed by atoms with Gasteiger partial charge in [-0.15, -0.1) is 0 Å². The van der Waals surface area contributed by atoms with Crippen molar-refractivity contribution < 1.29 is 14.6 Å². The van der Waals surface area contributed by atoms with Gasteiger partial charge in [0, 0.05) is 0 Å². The van der Waals surface area contributed by atoms with Crippen molar-refractivity contribution in [3.8, 4) is 16.9 Å². The van der Waals surface area contributed by atoms with Crippen LogP contribution in [-0.2, 0) is 0 Å². The summed E-state index contributed by atoms with van der Waals surface area (Å²) in [4.78, 5) is 11.3. The van der Waals surface area contributed by atoms with E-state index in [0.29, 0.717) is 11.5 Å². The molecule has 3 nitrogen and oxygen atoms in total. The van der Waals surface area contributed by atoms with Crippen LogP contribution in [0.2, 0.25) is 0 Å². The van der Waals surface area contributed by atoms with E-state index in [1.807, 2.05) is 12.1 Å². The van der Waals surface area contributed by atoms with Gasteiger partial charge in [-0.1, -0.05) is 31.2 Å². The van der Waals surface area contributed by atoms with E-state index in [1.54, 1.807) is 19.2 Å². The maximum atomic E-state index is 11.3. The Hall–Kier alpha value is -2.81. The Morgan fingerprint density at radius 3 is 2.19 bits per heavy atom. The zero-order valence-electron chi connectivity index (χ0n) is 18.3. The molecule has 2 bridgehead atoms. The Bertz CT molecular complexity index is 1110. The van der Waals surface area contributed by atoms with Crippen molar-refractivity contribution in [3.05, 3.63) is 65.7 Å². The number of carbonyl (C=O) groups is 1. The van der Waals surface area contributed by atoms with E-state index in [4.69, 9.17) is 4.74 Å². The molecule has 1 N–H and O–H groups in total. The Morgan fingerprint density at radius 2 is 1.48 bits per heavy atom. The molecule has 2 atom stereocenters. The molecule has 2 saturated carbocycles. The molecule has 5 rings (SSSR count). The fraction of sp³-hybridized carbons (Fsp3) is 0.393. The molecular formula is C28H30O3. The molecule has 0 spiro atoms. The topological polar surface area (TPSA) is 46.5 Å². The van der Waals surface area contributed by atoms with Gasteiger partial charge < -0.3 is 9.84 Å². The van der Waals surface area contributed by atoms with Crippen molar-refractivity contribution in [1.29, 1.82) is 0 Å². The lowest BCUT2D eigenvalue weighted by molar-refractivity contribution is 0.0697. The molecule has 2 aliphatic rings. The molecule has 2 fully saturated rings. The summed E-state index contributed by atoms with van der Waals surface area (Å²) in [6.07, 6.45) is 6.70. The Kier molecular flexibility index (Phi) is 5.21. The quantitative estimate of drug-likeness (QED) is 0.493. The molecular weight excluding hydrogens is 384 g/mol. The largest absolute Gasteiger partial charge is 0.496 e. The van der Waals surface area contributed by atoms with Gasteiger partial charge in [-0.25, -0.2) is 4.79 Å². The third-order valence-corrected chi connectivity index (χ3v) is 7.46. The van der Waals surface area contributed by atoms with Crippen LogP contribution < -0.4 is 4.74 Å². The van der Waals surface area contributed by atoms with Gasteiger partial charge in [0.1, 0.15) is 5.75 Å². The van der Waals surface area contributed by atoms with Crippen LogP contribution in [-0.4, -0.2) is 18.2 Å². The summed E-state index contributed by atoms with van der Waals surface area (Å²) in [5, 5.41) is 11.2. The van der Waals surface area contributed by atoms with Crippen LogP contribution in [0, 0.1) is 17.8 Å². The third-order valence-electron chi connectivity index (χ3n) is 7.46. The second kappa shape index (κ2) is 8.03. The highest BCUT2D eigenvalue weighted by Gasteiger charge is 2.36. The Morgan fingerprint density at radius 1 is 0.839 bits per heavy atom. The maximum absolute atomic E-state index is 11.3. The molecule has 160 valence electrons. The molecule has 2 aliphatic carbocycles. The maximum Gasteiger partial charge on any atom is 0.335 e. The number of hydrogen-bond acceptors (Lipinski definition) is 2. The van der Waals surface area contributed by atoms with E-state index in [-0.39, 0.29) is 0 Å². The first-order valence-corrected chi connectivity index (χ1v) is 11.5. The number of rotatable bonds is 4. The van der Waals surface area contributed by atoms with E-state index >= 15 is 0 Å². The van der Waals surface area contributed by atoms with Crippen LogP contribution in [0.1, 0.15) is 60.9 Å². The number of methoxy groups -OCH3 is 1. The first kappa shape index (κ1) is 20.1. The molecule has 31 heavy (non-hydrogen) atoms. The van der Waals surface area contributed by atoms with Gasteiger partial charge >= 0.3 is 5.97 Å². The smallest absolute Gasteiger partial charge is 0.335 e. The fourth-order valence-corrected chi connectivity index (χ4v) is 6.23. The molecule has 3 aromatic rings. The minimum atomic E-state index is -0.891. The molecule has 3 aromatic carbocycles. The average molecular weight is 415 g/mol. The van der Waals surface area contributed by atoms with Gasteiger partial charge in [-0.3, -0.25) is 0 Å². The summed E-state index contributed by atoms with van der Waals surface area (Å²) in [6.45, 7) is 2.42. The predicted octanol–water partition coefficient (Wildman–Crippen LogP) is 7.14. The molecule has 0 aliphatic heterocycles. The number of carboxylic acid groups (broad SMARTS) is 1. The lowest BCUT2D eigenvalue weighted by Crippen LogP contribution is -2.29. The van der Waals surface area contributed by atoms with Crippen molar-refractivity contribution in [2.75, 3.05) is 7.11 Å². The van der Waals surface area contributed by atoms with E-state index in [9.17, 15) is 9.90 Å². The lowest BCUT2D eigenvalue weighted by atomic mass is 9.63. The summed E-state index contributed by atoms with van der Waals surface area (Å²) in [5.41, 5.74) is 4.03. The SMILES string of the molecule is COc1ccc(-c2ccc3cc(C(=O)O)ccc3c2)cc1C1CC2CC(C)CC(C2)C1. The van der Waals surface area contributed by atoms with Gasteiger partial charge in [0.2, 0.25) is 0 Å². The first-order valence-electron chi connectivity index (χ1n) is 11.5. The molecule has 0 aromatic heterocycles. The average Bonchev–Trinajstić information content (AvgIpc) is 2.77. The third kappa shape index (κ3) is 3.94. The highest BCUT2D eigenvalue weighted by atomic mass is 16.5. The highest BCUT2D eigenvalue weighted by molar-refractivity contribution is 5.95. The van der Waals surface area contributed by atoms with Gasteiger partial charge in [-0.2, -0.15) is 0 Å². The summed E-state index contributed by atoms with van der Waals surface area (Å²) >= 11 is 0. The second-order valence-electron chi connectivity index (χ2n) is 9.75. The summed E-state index contributed by atoms with van der Waals surface area (Å²) in [7, 11) is 1.78. The normalized spacial score (nSPS) is 25.4. The Labute approximate surface area is 184 Å². The van der Waals surface area contributed by atoms with Crippen molar-refractivity contribution in [2.45, 2.75) is 44.9 Å². The minimum Gasteiger partial charge on any atom is -0.496 e. The number of fused-ring (bicyclic) bond motifs is 3. The molecule has 0 radical (unpaired) electrons. The van der Waals surface area contributed by atoms with Crippen LogP contribution in [0.5, 0.6) is 5.75 Å². The van der Waals surface area contributed by atoms with Crippen molar-refractivity contribution in [2.24, 2.45) is 17.8 Å². The molecule has 3 heteroatoms. The van der Waals surface area contributed by atoms with Gasteiger partial charge in [0.25, 0.3) is 0 Å². The van der Waals surface area contributed by atoms with Crippen molar-refractivity contribution in [3.63, 3.8) is 0 Å². The zero-order chi connectivity index (χ0) is 21.5. The van der Waals surface area contributed by atoms with Crippen LogP contribution in [0.3, 0.4) is 0 Å². The number of aromatic carboxylic acids is 1. The summed E-state index contributed by atoms with van der Waals surface area (Å²) < 4.78 is 5.78. The zero-order valence-corrected chi connectivity index (χ0v) is 18.3. The molecule has 0 saturated heterocycles. The second-order valence-corrected chi connectivity index (χ2v) is 9.75. The number of ether oxygens (including phenoxy) is 1. The van der Waals surface area contributed by atoms with E-state index in [1.165, 1.54) is 43.2 Å². The Balaban J connectivity index is 1.49. The van der Waals surface area contributed by atoms with E-state index < -0.39 is 5.97 Å². The number of benzene rings is 3. The highest BCUT2D eigenvalue weighted by Crippen LogP contribution is 2.50. The number of hydrogen-bond donors (Lipinski definition) is 1. The summed E-state index contributed by atoms with van der Waals surface area (Å²) in [5.74, 6) is 3.27. The lowest BCUT2D eigenvalue weighted by Gasteiger charge is -2.42. The van der Waals surface area contributed by atoms with Crippen LogP contribution in [0.15, 0.2) is 54.6 Å². The van der Waals surface area contributed by atoms with Crippen LogP contribution >= 0.6 is 0 Å². The van der Waals surface area contributed by atoms with Crippen LogP contribution in [0.25, 0.3) is 21.9 Å². The first-order chi connectivity index (χ1) is 15.0. The number of carboxylic acids is 1. The fourth-order valence-electron chi connectivity index (χ4n) is 6.23. The summed E-state index contributed by atoms with van der Waals surface area (Å²) in [6, 6.07) is 18.2. The van der Waals surface area contributed by atoms with E-state index in [0.717, 1.165) is 39.8 Å². The minimum absolute atomic E-state index is 0.323. The van der Waals surface area contributed by atoms with Crippen LogP contribution in [0.4, 0.5) is 0 Å². The molecule has 0 heterocycles. The standard InChI is InChI=1S/C28H30O3/c1-17-9-18-11-19(10-17)13-25(12-18)26-16-23(7-8-27(26)31-2)21-3-4-22-15-24(28(29)30)6-5-20(22)14-21/h3-8,14-19,25H,9-13H2,1-2H3,(H,29,30). The van der Waals surface area contributed by atoms with Crippen molar-refractivity contribution >= 4 is 16.7 Å².